The molecule has 2 unspecified atom stereocenters. The molecule has 0 aromatic carbocycles. The summed E-state index contributed by atoms with van der Waals surface area (Å²) in [6.45, 7) is 0. The van der Waals surface area contributed by atoms with Gasteiger partial charge in [0.15, 0.2) is 0 Å². The topological polar surface area (TPSA) is 50.9 Å². The Labute approximate surface area is 97.2 Å². The number of pyridine rings is 1. The molecule has 1 aromatic rings. The number of hydrogen-bond donors (Lipinski definition) is 2. The van der Waals surface area contributed by atoms with Gasteiger partial charge in [-0.15, -0.1) is 0 Å². The van der Waals surface area contributed by atoms with E-state index in [9.17, 15) is 13.2 Å². The first-order chi connectivity index (χ1) is 7.98. The number of alkyl halides is 3. The highest BCUT2D eigenvalue weighted by Crippen LogP contribution is 2.34. The lowest BCUT2D eigenvalue weighted by atomic mass is 10.1. The van der Waals surface area contributed by atoms with E-state index in [1.54, 1.807) is 0 Å². The number of hydrogen-bond acceptors (Lipinski definition) is 3. The van der Waals surface area contributed by atoms with Gasteiger partial charge in [0.25, 0.3) is 0 Å². The third-order valence-corrected chi connectivity index (χ3v) is 3.00. The van der Waals surface area contributed by atoms with Gasteiger partial charge in [-0.05, 0) is 31.4 Å². The summed E-state index contributed by atoms with van der Waals surface area (Å²) in [6.07, 6.45) is -0.481. The third kappa shape index (κ3) is 2.69. The van der Waals surface area contributed by atoms with Crippen LogP contribution in [-0.2, 0) is 6.18 Å². The fourth-order valence-electron chi connectivity index (χ4n) is 2.09. The maximum Gasteiger partial charge on any atom is 0.419 e. The molecule has 0 aliphatic heterocycles. The molecular weight excluding hydrogens is 231 g/mol. The zero-order valence-corrected chi connectivity index (χ0v) is 9.17. The summed E-state index contributed by atoms with van der Waals surface area (Å²) in [5.74, 6) is -0.123. The monoisotopic (exact) mass is 245 g/mol. The SMILES string of the molecule is NC1CCCC1Nc1ncccc1C(F)(F)F. The van der Waals surface area contributed by atoms with Crippen LogP contribution in [0.1, 0.15) is 24.8 Å². The van der Waals surface area contributed by atoms with E-state index in [2.05, 4.69) is 10.3 Å². The van der Waals surface area contributed by atoms with Crippen molar-refractivity contribution in [2.75, 3.05) is 5.32 Å². The van der Waals surface area contributed by atoms with E-state index in [0.717, 1.165) is 25.3 Å². The lowest BCUT2D eigenvalue weighted by Gasteiger charge is -2.20. The minimum atomic E-state index is -4.39. The first-order valence-electron chi connectivity index (χ1n) is 5.53. The number of rotatable bonds is 2. The molecule has 17 heavy (non-hydrogen) atoms. The molecule has 0 radical (unpaired) electrons. The Kier molecular flexibility index (Phi) is 3.24. The molecule has 1 aliphatic carbocycles. The first-order valence-corrected chi connectivity index (χ1v) is 5.53. The van der Waals surface area contributed by atoms with E-state index in [0.29, 0.717) is 0 Å². The minimum absolute atomic E-state index is 0.0990. The average Bonchev–Trinajstić information content (AvgIpc) is 2.64. The van der Waals surface area contributed by atoms with Crippen molar-refractivity contribution in [2.24, 2.45) is 5.73 Å². The Hall–Kier alpha value is -1.30. The van der Waals surface area contributed by atoms with Crippen LogP contribution in [0.3, 0.4) is 0 Å². The van der Waals surface area contributed by atoms with E-state index in [1.807, 2.05) is 0 Å². The van der Waals surface area contributed by atoms with Gasteiger partial charge in [-0.2, -0.15) is 13.2 Å². The average molecular weight is 245 g/mol. The normalized spacial score (nSPS) is 24.9. The van der Waals surface area contributed by atoms with Crippen LogP contribution in [0.5, 0.6) is 0 Å². The predicted molar refractivity (Wildman–Crippen MR) is 58.5 cm³/mol. The van der Waals surface area contributed by atoms with Crippen LogP contribution in [0.4, 0.5) is 19.0 Å². The largest absolute Gasteiger partial charge is 0.419 e. The predicted octanol–water partition coefficient (Wildman–Crippen LogP) is 2.39. The number of nitrogens with zero attached hydrogens (tertiary/aromatic N) is 1. The van der Waals surface area contributed by atoms with Crippen molar-refractivity contribution in [3.05, 3.63) is 23.9 Å². The van der Waals surface area contributed by atoms with Gasteiger partial charge >= 0.3 is 6.18 Å². The van der Waals surface area contributed by atoms with Gasteiger partial charge < -0.3 is 11.1 Å². The number of anilines is 1. The molecule has 3 N–H and O–H groups in total. The summed E-state index contributed by atoms with van der Waals surface area (Å²) >= 11 is 0. The van der Waals surface area contributed by atoms with Gasteiger partial charge in [0, 0.05) is 18.3 Å². The van der Waals surface area contributed by atoms with Gasteiger partial charge in [0.2, 0.25) is 0 Å². The van der Waals surface area contributed by atoms with Crippen molar-refractivity contribution >= 4 is 5.82 Å². The molecule has 2 atom stereocenters. The van der Waals surface area contributed by atoms with Crippen LogP contribution >= 0.6 is 0 Å². The van der Waals surface area contributed by atoms with Gasteiger partial charge in [-0.3, -0.25) is 0 Å². The van der Waals surface area contributed by atoms with Crippen LogP contribution in [-0.4, -0.2) is 17.1 Å². The molecule has 6 heteroatoms. The summed E-state index contributed by atoms with van der Waals surface area (Å²) in [7, 11) is 0. The Morgan fingerprint density at radius 1 is 1.35 bits per heavy atom. The molecule has 0 saturated heterocycles. The van der Waals surface area contributed by atoms with Crippen molar-refractivity contribution < 1.29 is 13.2 Å². The van der Waals surface area contributed by atoms with E-state index in [-0.39, 0.29) is 17.9 Å². The third-order valence-electron chi connectivity index (χ3n) is 3.00. The number of halogens is 3. The maximum atomic E-state index is 12.7. The summed E-state index contributed by atoms with van der Waals surface area (Å²) in [4.78, 5) is 3.76. The molecule has 1 saturated carbocycles. The zero-order valence-electron chi connectivity index (χ0n) is 9.17. The lowest BCUT2D eigenvalue weighted by molar-refractivity contribution is -0.137. The summed E-state index contributed by atoms with van der Waals surface area (Å²) in [5.41, 5.74) is 5.08. The molecule has 2 rings (SSSR count). The highest BCUT2D eigenvalue weighted by atomic mass is 19.4. The molecule has 0 amide bonds. The second-order valence-corrected chi connectivity index (χ2v) is 4.24. The summed E-state index contributed by atoms with van der Waals surface area (Å²) in [6, 6.07) is 2.09. The van der Waals surface area contributed by atoms with E-state index in [1.165, 1.54) is 12.3 Å². The van der Waals surface area contributed by atoms with E-state index >= 15 is 0 Å². The fraction of sp³-hybridized carbons (Fsp3) is 0.545. The van der Waals surface area contributed by atoms with Crippen molar-refractivity contribution in [3.8, 4) is 0 Å². The molecule has 94 valence electrons. The second kappa shape index (κ2) is 4.52. The smallest absolute Gasteiger partial charge is 0.365 e. The molecule has 0 bridgehead atoms. The number of aromatic nitrogens is 1. The number of nitrogens with one attached hydrogen (secondary N) is 1. The molecule has 3 nitrogen and oxygen atoms in total. The first kappa shape index (κ1) is 12.2. The molecule has 0 spiro atoms. The van der Waals surface area contributed by atoms with Gasteiger partial charge in [-0.25, -0.2) is 4.98 Å². The van der Waals surface area contributed by atoms with E-state index in [4.69, 9.17) is 5.73 Å². The molecular formula is C11H14F3N3. The fourth-order valence-corrected chi connectivity index (χ4v) is 2.09. The molecule has 1 fully saturated rings. The van der Waals surface area contributed by atoms with Crippen molar-refractivity contribution in [1.82, 2.24) is 4.98 Å². The van der Waals surface area contributed by atoms with Crippen molar-refractivity contribution in [2.45, 2.75) is 37.5 Å². The summed E-state index contributed by atoms with van der Waals surface area (Å²) in [5, 5.41) is 2.81. The summed E-state index contributed by atoms with van der Waals surface area (Å²) < 4.78 is 38.1. The second-order valence-electron chi connectivity index (χ2n) is 4.24. The van der Waals surface area contributed by atoms with Crippen molar-refractivity contribution in [3.63, 3.8) is 0 Å². The van der Waals surface area contributed by atoms with Crippen LogP contribution < -0.4 is 11.1 Å². The molecule has 1 aliphatic rings. The number of nitrogens with two attached hydrogens (primary N) is 1. The van der Waals surface area contributed by atoms with Crippen molar-refractivity contribution in [1.29, 1.82) is 0 Å². The van der Waals surface area contributed by atoms with Gasteiger partial charge in [-0.1, -0.05) is 0 Å². The van der Waals surface area contributed by atoms with Crippen LogP contribution in [0, 0.1) is 0 Å². The zero-order chi connectivity index (χ0) is 12.5. The van der Waals surface area contributed by atoms with Crippen LogP contribution in [0.25, 0.3) is 0 Å². The minimum Gasteiger partial charge on any atom is -0.365 e. The Morgan fingerprint density at radius 2 is 2.12 bits per heavy atom. The highest BCUT2D eigenvalue weighted by Gasteiger charge is 2.35. The molecule has 1 heterocycles. The lowest BCUT2D eigenvalue weighted by Crippen LogP contribution is -2.36. The Bertz CT molecular complexity index is 392. The van der Waals surface area contributed by atoms with E-state index < -0.39 is 11.7 Å². The molecule has 1 aromatic heterocycles. The Morgan fingerprint density at radius 3 is 2.71 bits per heavy atom. The standard InChI is InChI=1S/C11H14F3N3/c12-11(13,14)7-3-2-6-16-10(7)17-9-5-1-4-8(9)15/h2-3,6,8-9H,1,4-5,15H2,(H,16,17). The quantitative estimate of drug-likeness (QED) is 0.841. The highest BCUT2D eigenvalue weighted by molar-refractivity contribution is 5.46. The van der Waals surface area contributed by atoms with Crippen LogP contribution in [0.15, 0.2) is 18.3 Å². The van der Waals surface area contributed by atoms with Gasteiger partial charge in [0.05, 0.1) is 5.56 Å². The maximum absolute atomic E-state index is 12.7. The van der Waals surface area contributed by atoms with Crippen LogP contribution in [0.2, 0.25) is 0 Å². The Balaban J connectivity index is 2.21. The van der Waals surface area contributed by atoms with Gasteiger partial charge in [0.1, 0.15) is 5.82 Å².